The van der Waals surface area contributed by atoms with Gasteiger partial charge in [0, 0.05) is 27.5 Å². The van der Waals surface area contributed by atoms with Gasteiger partial charge in [0.1, 0.15) is 11.4 Å². The molecule has 0 saturated heterocycles. The number of anilines is 1. The van der Waals surface area contributed by atoms with Crippen LogP contribution in [0.2, 0.25) is 5.02 Å². The summed E-state index contributed by atoms with van der Waals surface area (Å²) in [5, 5.41) is 15.8. The van der Waals surface area contributed by atoms with Crippen LogP contribution >= 0.6 is 27.5 Å². The Labute approximate surface area is 165 Å². The van der Waals surface area contributed by atoms with Crippen LogP contribution in [-0.2, 0) is 11.2 Å². The van der Waals surface area contributed by atoms with Crippen LogP contribution in [0.5, 0.6) is 5.75 Å². The summed E-state index contributed by atoms with van der Waals surface area (Å²) in [6.45, 7) is 5.60. The summed E-state index contributed by atoms with van der Waals surface area (Å²) in [7, 11) is 0. The molecule has 2 amide bonds. The molecule has 0 atom stereocenters. The van der Waals surface area contributed by atoms with Crippen LogP contribution in [0.3, 0.4) is 0 Å². The lowest BCUT2D eigenvalue weighted by atomic mass is 10.1. The molecule has 8 heteroatoms. The number of pyridine rings is 1. The van der Waals surface area contributed by atoms with Crippen molar-refractivity contribution in [3.63, 3.8) is 0 Å². The van der Waals surface area contributed by atoms with Crippen molar-refractivity contribution in [3.05, 3.63) is 51.2 Å². The smallest absolute Gasteiger partial charge is 0.270 e. The number of aromatic hydroxyl groups is 1. The number of hydrogen-bond donors (Lipinski definition) is 3. The average molecular weight is 441 g/mol. The minimum absolute atomic E-state index is 0.0311. The van der Waals surface area contributed by atoms with Crippen LogP contribution < -0.4 is 10.6 Å². The van der Waals surface area contributed by atoms with E-state index in [2.05, 4.69) is 31.5 Å². The van der Waals surface area contributed by atoms with E-state index in [9.17, 15) is 14.7 Å². The van der Waals surface area contributed by atoms with Crippen LogP contribution in [0.15, 0.2) is 34.9 Å². The minimum atomic E-state index is -0.392. The number of nitrogens with zero attached hydrogens (tertiary/aromatic N) is 1. The molecule has 0 spiro atoms. The van der Waals surface area contributed by atoms with Gasteiger partial charge in [0.25, 0.3) is 5.91 Å². The second-order valence-corrected chi connectivity index (χ2v) is 8.02. The van der Waals surface area contributed by atoms with Crippen LogP contribution in [-0.4, -0.2) is 27.4 Å². The summed E-state index contributed by atoms with van der Waals surface area (Å²) >= 11 is 9.20. The van der Waals surface area contributed by atoms with Gasteiger partial charge < -0.3 is 15.7 Å². The Morgan fingerprint density at radius 1 is 1.27 bits per heavy atom. The zero-order chi connectivity index (χ0) is 19.5. The monoisotopic (exact) mass is 439 g/mol. The van der Waals surface area contributed by atoms with Crippen LogP contribution in [0.1, 0.15) is 36.8 Å². The fraction of sp³-hybridized carbons (Fsp3) is 0.278. The molecule has 0 unspecified atom stereocenters. The first-order valence-corrected chi connectivity index (χ1v) is 8.97. The summed E-state index contributed by atoms with van der Waals surface area (Å²) in [6.07, 6.45) is 1.38. The van der Waals surface area contributed by atoms with Crippen molar-refractivity contribution in [2.75, 3.05) is 5.32 Å². The van der Waals surface area contributed by atoms with Crippen LogP contribution in [0, 0.1) is 0 Å². The van der Waals surface area contributed by atoms with E-state index in [1.807, 2.05) is 20.8 Å². The van der Waals surface area contributed by atoms with Gasteiger partial charge in [0.2, 0.25) is 5.91 Å². The number of amides is 2. The molecule has 0 aliphatic carbocycles. The third-order valence-electron chi connectivity index (χ3n) is 3.24. The summed E-state index contributed by atoms with van der Waals surface area (Å²) in [6, 6.07) is 6.04. The quantitative estimate of drug-likeness (QED) is 0.672. The number of aromatic nitrogens is 1. The van der Waals surface area contributed by atoms with Crippen molar-refractivity contribution < 1.29 is 14.7 Å². The molecule has 0 fully saturated rings. The SMILES string of the molecule is CC(C)(C)NC(=O)c1cc(NC(=O)Cc2cc(Cl)c(Br)cc2O)ccn1. The molecule has 0 aliphatic heterocycles. The van der Waals surface area contributed by atoms with Gasteiger partial charge in [-0.2, -0.15) is 0 Å². The third-order valence-corrected chi connectivity index (χ3v) is 4.43. The summed E-state index contributed by atoms with van der Waals surface area (Å²) in [5.74, 6) is -0.714. The highest BCUT2D eigenvalue weighted by molar-refractivity contribution is 9.10. The summed E-state index contributed by atoms with van der Waals surface area (Å²) in [4.78, 5) is 28.4. The van der Waals surface area contributed by atoms with Gasteiger partial charge in [0.05, 0.1) is 11.4 Å². The van der Waals surface area contributed by atoms with E-state index in [4.69, 9.17) is 11.6 Å². The number of halogens is 2. The zero-order valence-electron chi connectivity index (χ0n) is 14.6. The first kappa shape index (κ1) is 20.2. The Morgan fingerprint density at radius 3 is 2.62 bits per heavy atom. The Morgan fingerprint density at radius 2 is 1.96 bits per heavy atom. The third kappa shape index (κ3) is 5.71. The Bertz CT molecular complexity index is 850. The molecule has 1 aromatic heterocycles. The van der Waals surface area contributed by atoms with E-state index in [1.165, 1.54) is 24.4 Å². The van der Waals surface area contributed by atoms with Gasteiger partial charge in [-0.05, 0) is 61.0 Å². The van der Waals surface area contributed by atoms with Gasteiger partial charge in [-0.15, -0.1) is 0 Å². The fourth-order valence-electron chi connectivity index (χ4n) is 2.13. The van der Waals surface area contributed by atoms with Gasteiger partial charge in [-0.25, -0.2) is 0 Å². The van der Waals surface area contributed by atoms with Crippen molar-refractivity contribution >= 4 is 45.0 Å². The molecule has 138 valence electrons. The maximum atomic E-state index is 12.2. The molecule has 0 aliphatic rings. The number of carbonyl (C=O) groups is 2. The Kier molecular flexibility index (Phi) is 6.26. The molecule has 2 rings (SSSR count). The number of hydrogen-bond acceptors (Lipinski definition) is 4. The van der Waals surface area contributed by atoms with Gasteiger partial charge in [0.15, 0.2) is 0 Å². The highest BCUT2D eigenvalue weighted by Crippen LogP contribution is 2.30. The van der Waals surface area contributed by atoms with Gasteiger partial charge in [-0.3, -0.25) is 14.6 Å². The number of benzene rings is 1. The predicted molar refractivity (Wildman–Crippen MR) is 105 cm³/mol. The molecule has 3 N–H and O–H groups in total. The van der Waals surface area contributed by atoms with Crippen molar-refractivity contribution in [3.8, 4) is 5.75 Å². The standard InChI is InChI=1S/C18H19BrClN3O3/c1-18(2,3)23-17(26)14-8-11(4-5-21-14)22-16(25)7-10-6-13(20)12(19)9-15(10)24/h4-6,8-9,24H,7H2,1-3H3,(H,23,26)(H,21,22,25). The molecule has 0 radical (unpaired) electrons. The Balaban J connectivity index is 2.09. The lowest BCUT2D eigenvalue weighted by Gasteiger charge is -2.20. The molecular formula is C18H19BrClN3O3. The van der Waals surface area contributed by atoms with Crippen molar-refractivity contribution in [1.82, 2.24) is 10.3 Å². The normalized spacial score (nSPS) is 11.1. The number of nitrogens with one attached hydrogen (secondary N) is 2. The van der Waals surface area contributed by atoms with E-state index >= 15 is 0 Å². The molecular weight excluding hydrogens is 422 g/mol. The van der Waals surface area contributed by atoms with E-state index in [-0.39, 0.29) is 29.7 Å². The van der Waals surface area contributed by atoms with Gasteiger partial charge >= 0.3 is 0 Å². The van der Waals surface area contributed by atoms with Crippen molar-refractivity contribution in [2.24, 2.45) is 0 Å². The van der Waals surface area contributed by atoms with Crippen molar-refractivity contribution in [1.29, 1.82) is 0 Å². The van der Waals surface area contributed by atoms with Crippen LogP contribution in [0.4, 0.5) is 5.69 Å². The number of phenols is 1. The molecule has 1 aromatic carbocycles. The first-order chi connectivity index (χ1) is 12.0. The topological polar surface area (TPSA) is 91.3 Å². The number of phenolic OH excluding ortho intramolecular Hbond substituents is 1. The second-order valence-electron chi connectivity index (χ2n) is 6.75. The number of rotatable bonds is 4. The second kappa shape index (κ2) is 8.05. The lowest BCUT2D eigenvalue weighted by molar-refractivity contribution is -0.115. The molecule has 6 nitrogen and oxygen atoms in total. The average Bonchev–Trinajstić information content (AvgIpc) is 2.51. The highest BCUT2D eigenvalue weighted by Gasteiger charge is 2.17. The van der Waals surface area contributed by atoms with Crippen molar-refractivity contribution in [2.45, 2.75) is 32.7 Å². The van der Waals surface area contributed by atoms with Gasteiger partial charge in [-0.1, -0.05) is 11.6 Å². The maximum Gasteiger partial charge on any atom is 0.270 e. The summed E-state index contributed by atoms with van der Waals surface area (Å²) in [5.41, 5.74) is 0.644. The summed E-state index contributed by atoms with van der Waals surface area (Å²) < 4.78 is 0.546. The fourth-order valence-corrected chi connectivity index (χ4v) is 2.65. The first-order valence-electron chi connectivity index (χ1n) is 7.80. The largest absolute Gasteiger partial charge is 0.508 e. The maximum absolute atomic E-state index is 12.2. The predicted octanol–water partition coefficient (Wildman–Crippen LogP) is 3.91. The molecule has 1 heterocycles. The van der Waals surface area contributed by atoms with Crippen LogP contribution in [0.25, 0.3) is 0 Å². The minimum Gasteiger partial charge on any atom is -0.508 e. The molecule has 2 aromatic rings. The highest BCUT2D eigenvalue weighted by atomic mass is 79.9. The zero-order valence-corrected chi connectivity index (χ0v) is 16.9. The van der Waals surface area contributed by atoms with E-state index in [0.717, 1.165) is 0 Å². The number of carbonyl (C=O) groups excluding carboxylic acids is 2. The lowest BCUT2D eigenvalue weighted by Crippen LogP contribution is -2.40. The van der Waals surface area contributed by atoms with E-state index < -0.39 is 5.54 Å². The van der Waals surface area contributed by atoms with E-state index in [0.29, 0.717) is 20.7 Å². The molecule has 26 heavy (non-hydrogen) atoms. The molecule has 0 saturated carbocycles. The van der Waals surface area contributed by atoms with E-state index in [1.54, 1.807) is 6.07 Å². The Hall–Kier alpha value is -2.12. The molecule has 0 bridgehead atoms.